The smallest absolute Gasteiger partial charge is 0.288 e. The maximum absolute atomic E-state index is 12.2. The molecule has 0 aromatic carbocycles. The summed E-state index contributed by atoms with van der Waals surface area (Å²) in [5, 5.41) is 23.6. The molecule has 0 radical (unpaired) electrons. The highest BCUT2D eigenvalue weighted by molar-refractivity contribution is 7.16. The molecule has 3 aromatic rings. The quantitative estimate of drug-likeness (QED) is 0.545. The third kappa shape index (κ3) is 5.67. The zero-order valence-electron chi connectivity index (χ0n) is 15.5. The van der Waals surface area contributed by atoms with Gasteiger partial charge in [0.2, 0.25) is 16.0 Å². The molecule has 0 aliphatic carbocycles. The SMILES string of the molecule is CCc1nnc(NC(=O)c2nnc(CCCC(=O)NCc3ccc(C)o3)s2)s1. The first-order valence-electron chi connectivity index (χ1n) is 8.81. The number of hydrogen-bond acceptors (Lipinski definition) is 9. The molecule has 2 amide bonds. The second kappa shape index (κ2) is 9.51. The minimum Gasteiger partial charge on any atom is -0.465 e. The molecule has 148 valence electrons. The molecule has 0 unspecified atom stereocenters. The fraction of sp³-hybridized carbons (Fsp3) is 0.412. The van der Waals surface area contributed by atoms with E-state index in [1.807, 2.05) is 26.0 Å². The first-order chi connectivity index (χ1) is 13.5. The Balaban J connectivity index is 1.40. The highest BCUT2D eigenvalue weighted by Gasteiger charge is 2.15. The fourth-order valence-electron chi connectivity index (χ4n) is 2.30. The monoisotopic (exact) mass is 420 g/mol. The average molecular weight is 421 g/mol. The molecule has 0 aliphatic heterocycles. The average Bonchev–Trinajstić information content (AvgIpc) is 3.41. The highest BCUT2D eigenvalue weighted by atomic mass is 32.1. The van der Waals surface area contributed by atoms with Crippen molar-refractivity contribution >= 4 is 39.6 Å². The van der Waals surface area contributed by atoms with E-state index in [1.54, 1.807) is 0 Å². The Labute approximate surface area is 169 Å². The van der Waals surface area contributed by atoms with Gasteiger partial charge in [-0.3, -0.25) is 14.9 Å². The summed E-state index contributed by atoms with van der Waals surface area (Å²) in [6, 6.07) is 3.70. The summed E-state index contributed by atoms with van der Waals surface area (Å²) in [5.74, 6) is 1.14. The minimum absolute atomic E-state index is 0.0560. The van der Waals surface area contributed by atoms with Crippen molar-refractivity contribution in [3.63, 3.8) is 0 Å². The number of aromatic nitrogens is 4. The molecule has 3 heterocycles. The molecular formula is C17H20N6O3S2. The summed E-state index contributed by atoms with van der Waals surface area (Å²) < 4.78 is 5.41. The summed E-state index contributed by atoms with van der Waals surface area (Å²) in [6.07, 6.45) is 2.34. The number of rotatable bonds is 9. The van der Waals surface area contributed by atoms with Gasteiger partial charge in [0.25, 0.3) is 5.91 Å². The van der Waals surface area contributed by atoms with Gasteiger partial charge >= 0.3 is 0 Å². The standard InChI is InChI=1S/C17H20N6O3S2/c1-3-13-20-23-17(28-13)19-15(25)16-22-21-14(27-16)6-4-5-12(24)18-9-11-8-7-10(2)26-11/h7-8H,3-6,9H2,1-2H3,(H,18,24)(H,19,23,25). The van der Waals surface area contributed by atoms with E-state index < -0.39 is 0 Å². The maximum atomic E-state index is 12.2. The molecule has 28 heavy (non-hydrogen) atoms. The Bertz CT molecular complexity index is 948. The number of carbonyl (C=O) groups is 2. The minimum atomic E-state index is -0.353. The summed E-state index contributed by atoms with van der Waals surface area (Å²) in [7, 11) is 0. The molecule has 0 fully saturated rings. The molecule has 0 saturated carbocycles. The topological polar surface area (TPSA) is 123 Å². The van der Waals surface area contributed by atoms with Gasteiger partial charge in [0, 0.05) is 12.8 Å². The molecule has 0 saturated heterocycles. The van der Waals surface area contributed by atoms with Gasteiger partial charge in [0.1, 0.15) is 21.5 Å². The molecule has 11 heteroatoms. The summed E-state index contributed by atoms with van der Waals surface area (Å²) in [5.41, 5.74) is 0. The van der Waals surface area contributed by atoms with Gasteiger partial charge < -0.3 is 9.73 Å². The highest BCUT2D eigenvalue weighted by Crippen LogP contribution is 2.18. The van der Waals surface area contributed by atoms with Crippen LogP contribution in [0.2, 0.25) is 0 Å². The predicted molar refractivity (Wildman–Crippen MR) is 105 cm³/mol. The first kappa shape index (κ1) is 20.1. The number of nitrogens with one attached hydrogen (secondary N) is 2. The number of carbonyl (C=O) groups excluding carboxylic acids is 2. The number of furan rings is 1. The van der Waals surface area contributed by atoms with Crippen LogP contribution in [0, 0.1) is 6.92 Å². The van der Waals surface area contributed by atoms with Gasteiger partial charge in [-0.15, -0.1) is 20.4 Å². The lowest BCUT2D eigenvalue weighted by Gasteiger charge is -2.02. The van der Waals surface area contributed by atoms with Gasteiger partial charge in [0.15, 0.2) is 0 Å². The molecule has 0 atom stereocenters. The number of aryl methyl sites for hydroxylation is 3. The van der Waals surface area contributed by atoms with Crippen molar-refractivity contribution < 1.29 is 14.0 Å². The van der Waals surface area contributed by atoms with Crippen molar-refractivity contribution in [1.82, 2.24) is 25.7 Å². The summed E-state index contributed by atoms with van der Waals surface area (Å²) >= 11 is 2.55. The number of amides is 2. The largest absolute Gasteiger partial charge is 0.465 e. The van der Waals surface area contributed by atoms with E-state index in [1.165, 1.54) is 22.7 Å². The normalized spacial score (nSPS) is 10.8. The van der Waals surface area contributed by atoms with Crippen LogP contribution >= 0.6 is 22.7 Å². The summed E-state index contributed by atoms with van der Waals surface area (Å²) in [6.45, 7) is 4.21. The second-order valence-electron chi connectivity index (χ2n) is 5.95. The Kier molecular flexibility index (Phi) is 6.82. The third-order valence-electron chi connectivity index (χ3n) is 3.70. The van der Waals surface area contributed by atoms with Gasteiger partial charge in [-0.2, -0.15) is 0 Å². The zero-order valence-corrected chi connectivity index (χ0v) is 17.2. The van der Waals surface area contributed by atoms with Crippen LogP contribution in [0.5, 0.6) is 0 Å². The Hall–Kier alpha value is -2.66. The predicted octanol–water partition coefficient (Wildman–Crippen LogP) is 2.74. The van der Waals surface area contributed by atoms with Gasteiger partial charge in [-0.25, -0.2) is 0 Å². The zero-order chi connectivity index (χ0) is 19.9. The van der Waals surface area contributed by atoms with Crippen LogP contribution in [0.25, 0.3) is 0 Å². The molecular weight excluding hydrogens is 400 g/mol. The lowest BCUT2D eigenvalue weighted by Crippen LogP contribution is -2.22. The molecule has 9 nitrogen and oxygen atoms in total. The van der Waals surface area contributed by atoms with Crippen LogP contribution in [0.4, 0.5) is 5.13 Å². The molecule has 3 aromatic heterocycles. The van der Waals surface area contributed by atoms with E-state index in [4.69, 9.17) is 4.42 Å². The van der Waals surface area contributed by atoms with E-state index in [2.05, 4.69) is 31.0 Å². The Morgan fingerprint density at radius 2 is 1.93 bits per heavy atom. The van der Waals surface area contributed by atoms with Crippen molar-refractivity contribution in [1.29, 1.82) is 0 Å². The van der Waals surface area contributed by atoms with Crippen LogP contribution in [-0.4, -0.2) is 32.2 Å². The van der Waals surface area contributed by atoms with Gasteiger partial charge in [-0.05, 0) is 31.9 Å². The molecule has 2 N–H and O–H groups in total. The second-order valence-corrected chi connectivity index (χ2v) is 8.08. The molecule has 3 rings (SSSR count). The van der Waals surface area contributed by atoms with Crippen LogP contribution in [0.3, 0.4) is 0 Å². The van der Waals surface area contributed by atoms with Crippen molar-refractivity contribution in [2.24, 2.45) is 0 Å². The van der Waals surface area contributed by atoms with E-state index in [9.17, 15) is 9.59 Å². The van der Waals surface area contributed by atoms with E-state index in [0.717, 1.165) is 22.9 Å². The third-order valence-corrected chi connectivity index (χ3v) is 5.67. The number of nitrogens with zero attached hydrogens (tertiary/aromatic N) is 4. The first-order valence-corrected chi connectivity index (χ1v) is 10.4. The Morgan fingerprint density at radius 3 is 2.64 bits per heavy atom. The molecule has 0 bridgehead atoms. The summed E-state index contributed by atoms with van der Waals surface area (Å²) in [4.78, 5) is 24.1. The van der Waals surface area contributed by atoms with E-state index in [0.29, 0.717) is 35.9 Å². The lowest BCUT2D eigenvalue weighted by atomic mass is 10.2. The van der Waals surface area contributed by atoms with E-state index in [-0.39, 0.29) is 16.8 Å². The maximum Gasteiger partial charge on any atom is 0.288 e. The number of anilines is 1. The van der Waals surface area contributed by atoms with Crippen LogP contribution in [0.15, 0.2) is 16.5 Å². The van der Waals surface area contributed by atoms with Crippen LogP contribution < -0.4 is 10.6 Å². The van der Waals surface area contributed by atoms with E-state index >= 15 is 0 Å². The Morgan fingerprint density at radius 1 is 1.11 bits per heavy atom. The van der Waals surface area contributed by atoms with Crippen molar-refractivity contribution in [2.45, 2.75) is 46.1 Å². The van der Waals surface area contributed by atoms with Gasteiger partial charge in [0.05, 0.1) is 6.54 Å². The van der Waals surface area contributed by atoms with Crippen LogP contribution in [0.1, 0.15) is 51.1 Å². The van der Waals surface area contributed by atoms with Gasteiger partial charge in [-0.1, -0.05) is 29.6 Å². The van der Waals surface area contributed by atoms with Crippen molar-refractivity contribution in [2.75, 3.05) is 5.32 Å². The van der Waals surface area contributed by atoms with Crippen molar-refractivity contribution in [3.05, 3.63) is 38.7 Å². The molecule has 0 aliphatic rings. The molecule has 0 spiro atoms. The fourth-order valence-corrected chi connectivity index (χ4v) is 3.75. The van der Waals surface area contributed by atoms with Crippen LogP contribution in [-0.2, 0) is 24.2 Å². The van der Waals surface area contributed by atoms with Crippen molar-refractivity contribution in [3.8, 4) is 0 Å². The number of hydrogen-bond donors (Lipinski definition) is 2. The lowest BCUT2D eigenvalue weighted by molar-refractivity contribution is -0.121.